The summed E-state index contributed by atoms with van der Waals surface area (Å²) in [7, 11) is 1.66. The topological polar surface area (TPSA) is 60.8 Å². The zero-order chi connectivity index (χ0) is 20.2. The molecule has 0 saturated heterocycles. The van der Waals surface area contributed by atoms with Crippen LogP contribution >= 0.6 is 0 Å². The standard InChI is InChI=1S/C24H22N2O3/c1-16-6-8-18(9-7-16)24(27)29-26-23(22-5-3-4-14-25-22)21-15-20(21)17-10-12-19(28-2)13-11-17/h3-14,20-21H,15H2,1-2H3/b26-23+/t20-,21-/m0/s1. The fraction of sp³-hybridized carbons (Fsp3) is 0.208. The summed E-state index contributed by atoms with van der Waals surface area (Å²) < 4.78 is 5.24. The Balaban J connectivity index is 1.55. The highest BCUT2D eigenvalue weighted by molar-refractivity contribution is 6.03. The van der Waals surface area contributed by atoms with Gasteiger partial charge in [0.1, 0.15) is 11.5 Å². The molecule has 1 fully saturated rings. The van der Waals surface area contributed by atoms with E-state index in [0.717, 1.165) is 23.4 Å². The second kappa shape index (κ2) is 8.27. The molecule has 0 aliphatic heterocycles. The van der Waals surface area contributed by atoms with E-state index in [1.54, 1.807) is 25.4 Å². The molecular formula is C24H22N2O3. The fourth-order valence-electron chi connectivity index (χ4n) is 3.37. The van der Waals surface area contributed by atoms with Crippen LogP contribution < -0.4 is 4.74 Å². The highest BCUT2D eigenvalue weighted by Crippen LogP contribution is 2.49. The molecule has 1 aliphatic carbocycles. The van der Waals surface area contributed by atoms with Gasteiger partial charge in [-0.2, -0.15) is 0 Å². The summed E-state index contributed by atoms with van der Waals surface area (Å²) in [6, 6.07) is 20.9. The van der Waals surface area contributed by atoms with E-state index in [-0.39, 0.29) is 5.92 Å². The highest BCUT2D eigenvalue weighted by atomic mass is 16.7. The summed E-state index contributed by atoms with van der Waals surface area (Å²) in [5.74, 6) is 0.834. The Morgan fingerprint density at radius 2 is 1.79 bits per heavy atom. The normalized spacial score (nSPS) is 18.2. The van der Waals surface area contributed by atoms with Crippen molar-refractivity contribution < 1.29 is 14.4 Å². The van der Waals surface area contributed by atoms with Gasteiger partial charge in [-0.3, -0.25) is 4.98 Å². The number of rotatable bonds is 6. The average Bonchev–Trinajstić information content (AvgIpc) is 3.55. The van der Waals surface area contributed by atoms with Crippen LogP contribution in [0.5, 0.6) is 5.75 Å². The monoisotopic (exact) mass is 386 g/mol. The molecule has 2 aromatic carbocycles. The first-order valence-corrected chi connectivity index (χ1v) is 9.57. The summed E-state index contributed by atoms with van der Waals surface area (Å²) in [4.78, 5) is 22.1. The molecule has 0 amide bonds. The number of aryl methyl sites for hydroxylation is 1. The van der Waals surface area contributed by atoms with Crippen molar-refractivity contribution in [1.29, 1.82) is 0 Å². The number of hydrogen-bond donors (Lipinski definition) is 0. The van der Waals surface area contributed by atoms with Crippen molar-refractivity contribution in [3.63, 3.8) is 0 Å². The third-order valence-electron chi connectivity index (χ3n) is 5.13. The number of oxime groups is 1. The molecule has 146 valence electrons. The van der Waals surface area contributed by atoms with E-state index < -0.39 is 5.97 Å². The van der Waals surface area contributed by atoms with Gasteiger partial charge in [0.15, 0.2) is 0 Å². The van der Waals surface area contributed by atoms with E-state index in [0.29, 0.717) is 17.2 Å². The van der Waals surface area contributed by atoms with Gasteiger partial charge in [0.2, 0.25) is 0 Å². The average molecular weight is 386 g/mol. The predicted octanol–water partition coefficient (Wildman–Crippen LogP) is 4.76. The zero-order valence-electron chi connectivity index (χ0n) is 16.4. The zero-order valence-corrected chi connectivity index (χ0v) is 16.4. The van der Waals surface area contributed by atoms with Crippen LogP contribution in [0.3, 0.4) is 0 Å². The van der Waals surface area contributed by atoms with E-state index in [9.17, 15) is 4.79 Å². The van der Waals surface area contributed by atoms with Crippen LogP contribution in [0.1, 0.15) is 39.5 Å². The molecule has 1 aliphatic rings. The quantitative estimate of drug-likeness (QED) is 0.348. The van der Waals surface area contributed by atoms with E-state index in [1.165, 1.54) is 5.56 Å². The number of methoxy groups -OCH3 is 1. The van der Waals surface area contributed by atoms with Gasteiger partial charge >= 0.3 is 5.97 Å². The van der Waals surface area contributed by atoms with E-state index in [4.69, 9.17) is 9.57 Å². The van der Waals surface area contributed by atoms with Crippen molar-refractivity contribution >= 4 is 11.7 Å². The minimum atomic E-state index is -0.472. The molecule has 0 unspecified atom stereocenters. The Kier molecular flexibility index (Phi) is 5.38. The van der Waals surface area contributed by atoms with Gasteiger partial charge in [-0.05, 0) is 61.2 Å². The van der Waals surface area contributed by atoms with Crippen molar-refractivity contribution in [3.05, 3.63) is 95.3 Å². The summed E-state index contributed by atoms with van der Waals surface area (Å²) >= 11 is 0. The summed E-state index contributed by atoms with van der Waals surface area (Å²) in [6.07, 6.45) is 2.65. The van der Waals surface area contributed by atoms with Gasteiger partial charge < -0.3 is 9.57 Å². The minimum absolute atomic E-state index is 0.157. The van der Waals surface area contributed by atoms with Gasteiger partial charge in [-0.1, -0.05) is 41.1 Å². The third kappa shape index (κ3) is 4.35. The molecule has 0 radical (unpaired) electrons. The highest BCUT2D eigenvalue weighted by Gasteiger charge is 2.43. The van der Waals surface area contributed by atoms with Gasteiger partial charge in [0, 0.05) is 12.1 Å². The minimum Gasteiger partial charge on any atom is -0.497 e. The Bertz CT molecular complexity index is 1010. The van der Waals surface area contributed by atoms with E-state index in [1.807, 2.05) is 49.4 Å². The molecule has 1 heterocycles. The van der Waals surface area contributed by atoms with Crippen molar-refractivity contribution in [1.82, 2.24) is 4.98 Å². The van der Waals surface area contributed by atoms with Crippen molar-refractivity contribution in [2.45, 2.75) is 19.3 Å². The van der Waals surface area contributed by atoms with E-state index >= 15 is 0 Å². The molecule has 5 heteroatoms. The maximum atomic E-state index is 12.4. The maximum absolute atomic E-state index is 12.4. The van der Waals surface area contributed by atoms with Gasteiger partial charge in [-0.25, -0.2) is 4.79 Å². The SMILES string of the molecule is COc1ccc([C@@H]2C[C@@H]2/C(=N\OC(=O)c2ccc(C)cc2)c2ccccn2)cc1. The molecule has 4 rings (SSSR count). The lowest BCUT2D eigenvalue weighted by Gasteiger charge is -2.07. The van der Waals surface area contributed by atoms with Crippen LogP contribution in [0.25, 0.3) is 0 Å². The smallest absolute Gasteiger partial charge is 0.365 e. The third-order valence-corrected chi connectivity index (χ3v) is 5.13. The van der Waals surface area contributed by atoms with Gasteiger partial charge in [-0.15, -0.1) is 0 Å². The molecule has 1 saturated carbocycles. The number of nitrogens with zero attached hydrogens (tertiary/aromatic N) is 2. The molecule has 29 heavy (non-hydrogen) atoms. The molecule has 0 N–H and O–H groups in total. The lowest BCUT2D eigenvalue weighted by atomic mass is 10.1. The second-order valence-electron chi connectivity index (χ2n) is 7.16. The molecule has 2 atom stereocenters. The van der Waals surface area contributed by atoms with Gasteiger partial charge in [0.25, 0.3) is 0 Å². The Hall–Kier alpha value is -3.47. The van der Waals surface area contributed by atoms with Gasteiger partial charge in [0.05, 0.1) is 18.4 Å². The first-order chi connectivity index (χ1) is 14.2. The number of carbonyl (C=O) groups excluding carboxylic acids is 1. The van der Waals surface area contributed by atoms with Crippen LogP contribution in [0.4, 0.5) is 0 Å². The molecule has 0 bridgehead atoms. The largest absolute Gasteiger partial charge is 0.497 e. The van der Waals surface area contributed by atoms with Crippen molar-refractivity contribution in [2.24, 2.45) is 11.1 Å². The molecule has 0 spiro atoms. The van der Waals surface area contributed by atoms with E-state index in [2.05, 4.69) is 22.3 Å². The van der Waals surface area contributed by atoms with Crippen LogP contribution in [0.15, 0.2) is 78.1 Å². The Labute approximate surface area is 170 Å². The fourth-order valence-corrected chi connectivity index (χ4v) is 3.37. The van der Waals surface area contributed by atoms with Crippen LogP contribution in [0.2, 0.25) is 0 Å². The molecule has 1 aromatic heterocycles. The molecular weight excluding hydrogens is 364 g/mol. The lowest BCUT2D eigenvalue weighted by Crippen LogP contribution is -2.11. The predicted molar refractivity (Wildman–Crippen MR) is 111 cm³/mol. The second-order valence-corrected chi connectivity index (χ2v) is 7.16. The first kappa shape index (κ1) is 18.9. The Morgan fingerprint density at radius 3 is 2.45 bits per heavy atom. The summed E-state index contributed by atoms with van der Waals surface area (Å²) in [6.45, 7) is 1.97. The first-order valence-electron chi connectivity index (χ1n) is 9.57. The van der Waals surface area contributed by atoms with Crippen LogP contribution in [-0.2, 0) is 4.84 Å². The summed E-state index contributed by atoms with van der Waals surface area (Å²) in [5, 5.41) is 4.24. The summed E-state index contributed by atoms with van der Waals surface area (Å²) in [5.41, 5.74) is 4.20. The van der Waals surface area contributed by atoms with Crippen LogP contribution in [0, 0.1) is 12.8 Å². The van der Waals surface area contributed by atoms with Crippen molar-refractivity contribution in [2.75, 3.05) is 7.11 Å². The number of hydrogen-bond acceptors (Lipinski definition) is 5. The number of benzene rings is 2. The molecule has 5 nitrogen and oxygen atoms in total. The van der Waals surface area contributed by atoms with Crippen molar-refractivity contribution in [3.8, 4) is 5.75 Å². The number of ether oxygens (including phenoxy) is 1. The maximum Gasteiger partial charge on any atom is 0.365 e. The lowest BCUT2D eigenvalue weighted by molar-refractivity contribution is 0.0515. The number of pyridine rings is 1. The number of aromatic nitrogens is 1. The van der Waals surface area contributed by atoms with Crippen LogP contribution in [-0.4, -0.2) is 23.8 Å². The number of carbonyl (C=O) groups is 1. The Morgan fingerprint density at radius 1 is 1.03 bits per heavy atom. The molecule has 3 aromatic rings.